The number of aryl methyl sites for hydroxylation is 1. The first-order chi connectivity index (χ1) is 8.09. The number of fused-ring (bicyclic) bond motifs is 1. The molecule has 0 N–H and O–H groups in total. The number of anilines is 1. The van der Waals surface area contributed by atoms with Crippen LogP contribution in [0.1, 0.15) is 18.9 Å². The third kappa shape index (κ3) is 2.69. The summed E-state index contributed by atoms with van der Waals surface area (Å²) in [6.07, 6.45) is 2.59. The number of hydrogen-bond donors (Lipinski definition) is 0. The van der Waals surface area contributed by atoms with Gasteiger partial charge < -0.3 is 4.90 Å². The van der Waals surface area contributed by atoms with E-state index in [1.54, 1.807) is 17.7 Å². The maximum Gasteiger partial charge on any atom is 0.149 e. The standard InChI is InChI=1S/C12H16ClN3S/c1-8-6-17-11-10(8)14-7-15-12(11)16(3)5-4-9(2)13/h6-7,9H,4-5H2,1-3H3. The summed E-state index contributed by atoms with van der Waals surface area (Å²) in [6.45, 7) is 5.00. The van der Waals surface area contributed by atoms with Crippen molar-refractivity contribution < 1.29 is 0 Å². The molecule has 2 aromatic rings. The van der Waals surface area contributed by atoms with E-state index in [9.17, 15) is 0 Å². The zero-order valence-electron chi connectivity index (χ0n) is 10.3. The van der Waals surface area contributed by atoms with E-state index in [0.717, 1.165) is 29.0 Å². The topological polar surface area (TPSA) is 29.0 Å². The molecule has 0 spiro atoms. The Balaban J connectivity index is 2.28. The summed E-state index contributed by atoms with van der Waals surface area (Å²) in [5, 5.41) is 2.32. The lowest BCUT2D eigenvalue weighted by Gasteiger charge is -2.19. The minimum atomic E-state index is 0.194. The molecule has 0 aromatic carbocycles. The Labute approximate surface area is 110 Å². The normalized spacial score (nSPS) is 12.9. The van der Waals surface area contributed by atoms with Crippen molar-refractivity contribution in [1.29, 1.82) is 0 Å². The van der Waals surface area contributed by atoms with Crippen molar-refractivity contribution in [3.8, 4) is 0 Å². The first-order valence-electron chi connectivity index (χ1n) is 5.63. The van der Waals surface area contributed by atoms with Crippen LogP contribution in [-0.4, -0.2) is 28.9 Å². The molecule has 0 saturated heterocycles. The molecule has 3 nitrogen and oxygen atoms in total. The summed E-state index contributed by atoms with van der Waals surface area (Å²) in [5.74, 6) is 1.01. The SMILES string of the molecule is Cc1csc2c(N(C)CCC(C)Cl)ncnc12. The average molecular weight is 270 g/mol. The first kappa shape index (κ1) is 12.6. The molecule has 1 unspecified atom stereocenters. The number of rotatable bonds is 4. The van der Waals surface area contributed by atoms with Crippen LogP contribution >= 0.6 is 22.9 Å². The van der Waals surface area contributed by atoms with E-state index >= 15 is 0 Å². The van der Waals surface area contributed by atoms with Gasteiger partial charge in [-0.3, -0.25) is 0 Å². The van der Waals surface area contributed by atoms with Crippen LogP contribution in [0.5, 0.6) is 0 Å². The average Bonchev–Trinajstić information content (AvgIpc) is 2.68. The minimum absolute atomic E-state index is 0.194. The molecule has 0 bridgehead atoms. The van der Waals surface area contributed by atoms with Crippen LogP contribution in [0.15, 0.2) is 11.7 Å². The van der Waals surface area contributed by atoms with Gasteiger partial charge in [0.05, 0.1) is 10.2 Å². The highest BCUT2D eigenvalue weighted by atomic mass is 35.5. The molecule has 92 valence electrons. The van der Waals surface area contributed by atoms with E-state index in [0.29, 0.717) is 0 Å². The van der Waals surface area contributed by atoms with Gasteiger partial charge in [-0.05, 0) is 31.2 Å². The highest BCUT2D eigenvalue weighted by molar-refractivity contribution is 7.18. The molecule has 2 heterocycles. The van der Waals surface area contributed by atoms with E-state index in [1.807, 2.05) is 6.92 Å². The molecule has 5 heteroatoms. The number of aromatic nitrogens is 2. The van der Waals surface area contributed by atoms with Crippen molar-refractivity contribution >= 4 is 39.0 Å². The van der Waals surface area contributed by atoms with Gasteiger partial charge in [0.25, 0.3) is 0 Å². The zero-order chi connectivity index (χ0) is 12.4. The summed E-state index contributed by atoms with van der Waals surface area (Å²) in [6, 6.07) is 0. The molecular weight excluding hydrogens is 254 g/mol. The molecule has 2 rings (SSSR count). The fourth-order valence-electron chi connectivity index (χ4n) is 1.71. The Morgan fingerprint density at radius 3 is 2.94 bits per heavy atom. The van der Waals surface area contributed by atoms with Crippen LogP contribution in [0.4, 0.5) is 5.82 Å². The monoisotopic (exact) mass is 269 g/mol. The van der Waals surface area contributed by atoms with Crippen molar-refractivity contribution in [2.24, 2.45) is 0 Å². The maximum absolute atomic E-state index is 5.97. The molecule has 0 aliphatic rings. The Morgan fingerprint density at radius 2 is 2.24 bits per heavy atom. The summed E-state index contributed by atoms with van der Waals surface area (Å²) < 4.78 is 1.16. The van der Waals surface area contributed by atoms with Gasteiger partial charge in [-0.15, -0.1) is 22.9 Å². The quantitative estimate of drug-likeness (QED) is 0.796. The molecular formula is C12H16ClN3S. The lowest BCUT2D eigenvalue weighted by Crippen LogP contribution is -2.21. The van der Waals surface area contributed by atoms with Crippen LogP contribution in [-0.2, 0) is 0 Å². The Morgan fingerprint density at radius 1 is 1.47 bits per heavy atom. The van der Waals surface area contributed by atoms with Crippen LogP contribution in [0.2, 0.25) is 0 Å². The second-order valence-electron chi connectivity index (χ2n) is 4.28. The molecule has 0 aliphatic heterocycles. The van der Waals surface area contributed by atoms with E-state index in [-0.39, 0.29) is 5.38 Å². The van der Waals surface area contributed by atoms with Crippen LogP contribution in [0.3, 0.4) is 0 Å². The highest BCUT2D eigenvalue weighted by Gasteiger charge is 2.12. The second kappa shape index (κ2) is 5.19. The number of halogens is 1. The summed E-state index contributed by atoms with van der Waals surface area (Å²) in [4.78, 5) is 10.9. The van der Waals surface area contributed by atoms with Crippen LogP contribution < -0.4 is 4.90 Å². The zero-order valence-corrected chi connectivity index (χ0v) is 11.8. The van der Waals surface area contributed by atoms with Gasteiger partial charge in [0, 0.05) is 19.0 Å². The predicted molar refractivity (Wildman–Crippen MR) is 75.4 cm³/mol. The van der Waals surface area contributed by atoms with Crippen LogP contribution in [0.25, 0.3) is 10.2 Å². The minimum Gasteiger partial charge on any atom is -0.358 e. The Kier molecular flexibility index (Phi) is 3.84. The second-order valence-corrected chi connectivity index (χ2v) is 5.91. The predicted octanol–water partition coefficient (Wildman–Crippen LogP) is 3.45. The van der Waals surface area contributed by atoms with E-state index < -0.39 is 0 Å². The molecule has 0 aliphatic carbocycles. The third-order valence-electron chi connectivity index (χ3n) is 2.74. The van der Waals surface area contributed by atoms with Crippen LogP contribution in [0, 0.1) is 6.92 Å². The number of thiophene rings is 1. The third-order valence-corrected chi connectivity index (χ3v) is 4.04. The van der Waals surface area contributed by atoms with Crippen molar-refractivity contribution in [1.82, 2.24) is 9.97 Å². The van der Waals surface area contributed by atoms with Gasteiger partial charge in [-0.1, -0.05) is 0 Å². The fraction of sp³-hybridized carbons (Fsp3) is 0.500. The molecule has 0 amide bonds. The molecule has 2 aromatic heterocycles. The van der Waals surface area contributed by atoms with E-state index in [2.05, 4.69) is 34.2 Å². The summed E-state index contributed by atoms with van der Waals surface area (Å²) in [7, 11) is 2.05. The van der Waals surface area contributed by atoms with Gasteiger partial charge in [0.2, 0.25) is 0 Å². The Hall–Kier alpha value is -0.870. The lowest BCUT2D eigenvalue weighted by molar-refractivity contribution is 0.767. The maximum atomic E-state index is 5.97. The molecule has 0 radical (unpaired) electrons. The van der Waals surface area contributed by atoms with E-state index in [1.165, 1.54) is 5.56 Å². The Bertz CT molecular complexity index is 509. The molecule has 0 fully saturated rings. The summed E-state index contributed by atoms with van der Waals surface area (Å²) >= 11 is 7.68. The number of hydrogen-bond acceptors (Lipinski definition) is 4. The first-order valence-corrected chi connectivity index (χ1v) is 6.95. The van der Waals surface area contributed by atoms with Gasteiger partial charge in [-0.2, -0.15) is 0 Å². The van der Waals surface area contributed by atoms with Gasteiger partial charge >= 0.3 is 0 Å². The van der Waals surface area contributed by atoms with Gasteiger partial charge in [-0.25, -0.2) is 9.97 Å². The van der Waals surface area contributed by atoms with Crippen molar-refractivity contribution in [2.75, 3.05) is 18.5 Å². The van der Waals surface area contributed by atoms with E-state index in [4.69, 9.17) is 11.6 Å². The smallest absolute Gasteiger partial charge is 0.149 e. The largest absolute Gasteiger partial charge is 0.358 e. The van der Waals surface area contributed by atoms with Crippen molar-refractivity contribution in [3.05, 3.63) is 17.3 Å². The van der Waals surface area contributed by atoms with Gasteiger partial charge in [0.15, 0.2) is 0 Å². The number of alkyl halides is 1. The molecule has 1 atom stereocenters. The fourth-order valence-corrected chi connectivity index (χ4v) is 2.85. The van der Waals surface area contributed by atoms with Crippen molar-refractivity contribution in [2.45, 2.75) is 25.6 Å². The van der Waals surface area contributed by atoms with Crippen molar-refractivity contribution in [3.63, 3.8) is 0 Å². The molecule has 17 heavy (non-hydrogen) atoms. The van der Waals surface area contributed by atoms with Gasteiger partial charge in [0.1, 0.15) is 12.1 Å². The molecule has 0 saturated carbocycles. The number of nitrogens with zero attached hydrogens (tertiary/aromatic N) is 3. The summed E-state index contributed by atoms with van der Waals surface area (Å²) in [5.41, 5.74) is 2.28. The lowest BCUT2D eigenvalue weighted by atomic mass is 10.3. The highest BCUT2D eigenvalue weighted by Crippen LogP contribution is 2.30.